The van der Waals surface area contributed by atoms with Crippen LogP contribution in [0, 0.1) is 0 Å². The molecule has 2 saturated heterocycles. The predicted octanol–water partition coefficient (Wildman–Crippen LogP) is 8.88. The van der Waals surface area contributed by atoms with Gasteiger partial charge in [-0.1, -0.05) is 153 Å². The maximum absolute atomic E-state index is 14.2. The van der Waals surface area contributed by atoms with Crippen LogP contribution in [0.25, 0.3) is 10.4 Å². The summed E-state index contributed by atoms with van der Waals surface area (Å²) in [6, 6.07) is 42.5. The lowest BCUT2D eigenvalue weighted by molar-refractivity contribution is -0.348. The Morgan fingerprint density at radius 2 is 1.11 bits per heavy atom. The maximum Gasteiger partial charge on any atom is 0.338 e. The van der Waals surface area contributed by atoms with E-state index in [-0.39, 0.29) is 36.0 Å². The second kappa shape index (κ2) is 24.1. The summed E-state index contributed by atoms with van der Waals surface area (Å²) in [5.74, 6) is -2.44. The number of aliphatic hydroxyl groups excluding tert-OH is 1. The molecular weight excluding hydrogens is 915 g/mol. The SMILES string of the molecule is CC(C)(C)[Si](C)(C)O[C@@H]1O[C@H](COC(=O)c2ccccc2)[C@@H](O[C@@H]2O[C@H](C(=O)OCc3ccccc3)[C@@H](O)[C@H](OCc3ccccc3)[C@H]2OCc2ccccc2)[C@H](OC(=O)c2ccccc2)[C@H]1N=[N+]=[N-]. The third-order valence-electron chi connectivity index (χ3n) is 12.5. The average Bonchev–Trinajstić information content (AvgIpc) is 3.37. The van der Waals surface area contributed by atoms with E-state index in [0.717, 1.165) is 11.1 Å². The Balaban J connectivity index is 1.33. The number of hydrogen-bond acceptors (Lipinski definition) is 14. The Kier molecular flexibility index (Phi) is 17.7. The van der Waals surface area contributed by atoms with E-state index in [9.17, 15) is 25.0 Å². The molecule has 17 heteroatoms. The van der Waals surface area contributed by atoms with Gasteiger partial charge in [-0.15, -0.1) is 0 Å². The minimum atomic E-state index is -2.79. The van der Waals surface area contributed by atoms with Crippen molar-refractivity contribution in [3.05, 3.63) is 190 Å². The Bertz CT molecular complexity index is 2500. The number of carbonyl (C=O) groups excluding carboxylic acids is 3. The first-order valence-corrected chi connectivity index (χ1v) is 26.0. The smallest absolute Gasteiger partial charge is 0.338 e. The summed E-state index contributed by atoms with van der Waals surface area (Å²) in [6.45, 7) is 9.30. The van der Waals surface area contributed by atoms with Crippen LogP contribution in [-0.4, -0.2) is 99.3 Å². The van der Waals surface area contributed by atoms with E-state index in [0.29, 0.717) is 5.56 Å². The van der Waals surface area contributed by atoms with Crippen molar-refractivity contribution < 1.29 is 61.8 Å². The van der Waals surface area contributed by atoms with Crippen molar-refractivity contribution in [3.63, 3.8) is 0 Å². The monoisotopic (exact) mass is 973 g/mol. The van der Waals surface area contributed by atoms with Crippen LogP contribution in [0.15, 0.2) is 157 Å². The lowest BCUT2D eigenvalue weighted by Gasteiger charge is -2.50. The molecule has 0 aliphatic carbocycles. The molecule has 16 nitrogen and oxygen atoms in total. The standard InChI is InChI=1S/C53H59N3O13Si/c1-53(2,3)70(4,5)69-51-41(55-56-54)44(66-49(59)39-29-19-10-20-30-39)43(40(65-51)34-64-48(58)38-27-17-9-18-28-38)67-52-47(62-32-36-23-13-7-14-24-36)45(61-31-35-21-11-6-12-22-35)42(57)46(68-52)50(60)63-33-37-25-15-8-16-26-37/h6-30,40-47,51-52,57H,31-34H2,1-5H3/t40-,41-,42+,43-,44-,45+,46+,47-,51+,52-/m1/s1. The first-order valence-electron chi connectivity index (χ1n) is 23.1. The largest absolute Gasteiger partial charge is 0.459 e. The highest BCUT2D eigenvalue weighted by Gasteiger charge is 2.57. The first kappa shape index (κ1) is 51.6. The molecule has 10 atom stereocenters. The van der Waals surface area contributed by atoms with Crippen LogP contribution in [0.4, 0.5) is 0 Å². The van der Waals surface area contributed by atoms with Crippen LogP contribution in [0.3, 0.4) is 0 Å². The molecule has 7 rings (SSSR count). The van der Waals surface area contributed by atoms with Crippen molar-refractivity contribution in [3.8, 4) is 0 Å². The molecule has 0 saturated carbocycles. The quantitative estimate of drug-likeness (QED) is 0.0205. The van der Waals surface area contributed by atoms with Gasteiger partial charge in [-0.2, -0.15) is 0 Å². The topological polar surface area (TPSA) is 203 Å². The number of carbonyl (C=O) groups is 3. The zero-order valence-electron chi connectivity index (χ0n) is 39.7. The molecule has 0 unspecified atom stereocenters. The molecule has 2 aliphatic heterocycles. The van der Waals surface area contributed by atoms with Gasteiger partial charge in [0.1, 0.15) is 55.9 Å². The first-order chi connectivity index (χ1) is 33.7. The van der Waals surface area contributed by atoms with Crippen molar-refractivity contribution in [2.45, 2.75) is 120 Å². The highest BCUT2D eigenvalue weighted by molar-refractivity contribution is 6.74. The summed E-state index contributed by atoms with van der Waals surface area (Å²) < 4.78 is 58.1. The average molecular weight is 974 g/mol. The Morgan fingerprint density at radius 3 is 1.63 bits per heavy atom. The molecule has 368 valence electrons. The van der Waals surface area contributed by atoms with Crippen molar-refractivity contribution >= 4 is 26.2 Å². The number of nitrogens with zero attached hydrogens (tertiary/aromatic N) is 3. The van der Waals surface area contributed by atoms with Gasteiger partial charge in [0.15, 0.2) is 27.0 Å². The lowest BCUT2D eigenvalue weighted by Crippen LogP contribution is -2.67. The van der Waals surface area contributed by atoms with E-state index in [1.54, 1.807) is 84.9 Å². The minimum Gasteiger partial charge on any atom is -0.459 e. The molecule has 0 radical (unpaired) electrons. The fourth-order valence-corrected chi connectivity index (χ4v) is 8.78. The number of aliphatic hydroxyl groups is 1. The Hall–Kier alpha value is -6.24. The molecule has 0 bridgehead atoms. The molecule has 2 fully saturated rings. The summed E-state index contributed by atoms with van der Waals surface area (Å²) >= 11 is 0. The second-order valence-corrected chi connectivity index (χ2v) is 23.2. The highest BCUT2D eigenvalue weighted by atomic mass is 28.4. The van der Waals surface area contributed by atoms with Crippen LogP contribution in [0.5, 0.6) is 0 Å². The molecular formula is C53H59N3O13Si. The summed E-state index contributed by atoms with van der Waals surface area (Å²) in [4.78, 5) is 45.2. The fraction of sp³-hybridized carbons (Fsp3) is 0.377. The Morgan fingerprint density at radius 1 is 0.629 bits per heavy atom. The molecule has 5 aromatic rings. The lowest BCUT2D eigenvalue weighted by atomic mass is 9.95. The van der Waals surface area contributed by atoms with Crippen molar-refractivity contribution in [1.82, 2.24) is 0 Å². The van der Waals surface area contributed by atoms with Crippen LogP contribution >= 0.6 is 0 Å². The van der Waals surface area contributed by atoms with E-state index in [1.807, 2.05) is 101 Å². The van der Waals surface area contributed by atoms with Gasteiger partial charge < -0.3 is 47.4 Å². The normalized spacial score (nSPS) is 24.7. The molecule has 0 amide bonds. The third kappa shape index (κ3) is 13.3. The zero-order chi connectivity index (χ0) is 49.7. The number of benzene rings is 5. The predicted molar refractivity (Wildman–Crippen MR) is 258 cm³/mol. The highest BCUT2D eigenvalue weighted by Crippen LogP contribution is 2.41. The molecule has 0 aromatic heterocycles. The van der Waals surface area contributed by atoms with Crippen LogP contribution < -0.4 is 0 Å². The summed E-state index contributed by atoms with van der Waals surface area (Å²) in [7, 11) is -2.79. The Labute approximate surface area is 408 Å². The zero-order valence-corrected chi connectivity index (χ0v) is 40.7. The van der Waals surface area contributed by atoms with Gasteiger partial charge in [0.05, 0.1) is 24.3 Å². The van der Waals surface area contributed by atoms with E-state index >= 15 is 0 Å². The van der Waals surface area contributed by atoms with Crippen LogP contribution in [0.1, 0.15) is 58.2 Å². The van der Waals surface area contributed by atoms with E-state index in [1.165, 1.54) is 0 Å². The van der Waals surface area contributed by atoms with Gasteiger partial charge in [-0.25, -0.2) is 14.4 Å². The molecule has 2 aliphatic rings. The van der Waals surface area contributed by atoms with Crippen LogP contribution in [0.2, 0.25) is 18.1 Å². The maximum atomic E-state index is 14.2. The second-order valence-electron chi connectivity index (χ2n) is 18.4. The third-order valence-corrected chi connectivity index (χ3v) is 16.9. The summed E-state index contributed by atoms with van der Waals surface area (Å²) in [5.41, 5.74) is 12.8. The van der Waals surface area contributed by atoms with Crippen LogP contribution in [-0.2, 0) is 66.9 Å². The van der Waals surface area contributed by atoms with Crippen molar-refractivity contribution in [1.29, 1.82) is 0 Å². The van der Waals surface area contributed by atoms with Gasteiger partial charge >= 0.3 is 17.9 Å². The number of esters is 3. The number of ether oxygens (including phenoxy) is 8. The van der Waals surface area contributed by atoms with Gasteiger partial charge in [-0.05, 0) is 64.6 Å². The molecule has 2 heterocycles. The van der Waals surface area contributed by atoms with Gasteiger partial charge in [0.25, 0.3) is 0 Å². The van der Waals surface area contributed by atoms with Gasteiger partial charge in [0.2, 0.25) is 0 Å². The fourth-order valence-electron chi connectivity index (χ4n) is 7.65. The van der Waals surface area contributed by atoms with E-state index < -0.39 is 94.2 Å². The molecule has 5 aromatic carbocycles. The minimum absolute atomic E-state index is 0.0282. The molecule has 1 N–H and O–H groups in total. The van der Waals surface area contributed by atoms with Gasteiger partial charge in [0, 0.05) is 4.91 Å². The number of azide groups is 1. The number of rotatable bonds is 19. The van der Waals surface area contributed by atoms with Gasteiger partial charge in [-0.3, -0.25) is 0 Å². The number of hydrogen-bond donors (Lipinski definition) is 1. The van der Waals surface area contributed by atoms with E-state index in [4.69, 9.17) is 42.3 Å². The van der Waals surface area contributed by atoms with Crippen molar-refractivity contribution in [2.24, 2.45) is 5.11 Å². The molecule has 70 heavy (non-hydrogen) atoms. The summed E-state index contributed by atoms with van der Waals surface area (Å²) in [6.07, 6.45) is -13.5. The molecule has 0 spiro atoms. The van der Waals surface area contributed by atoms with Crippen molar-refractivity contribution in [2.75, 3.05) is 6.61 Å². The summed E-state index contributed by atoms with van der Waals surface area (Å²) in [5, 5.41) is 15.9. The van der Waals surface area contributed by atoms with E-state index in [2.05, 4.69) is 10.0 Å².